The van der Waals surface area contributed by atoms with Gasteiger partial charge in [0.05, 0.1) is 25.0 Å². The van der Waals surface area contributed by atoms with Crippen LogP contribution in [0.15, 0.2) is 12.3 Å². The lowest BCUT2D eigenvalue weighted by molar-refractivity contribution is -0.0262. The lowest BCUT2D eigenvalue weighted by Gasteiger charge is -2.40. The first kappa shape index (κ1) is 8.15. The van der Waals surface area contributed by atoms with Crippen LogP contribution < -0.4 is 10.6 Å². The van der Waals surface area contributed by atoms with Gasteiger partial charge in [0.1, 0.15) is 5.82 Å². The molecule has 0 aliphatic carbocycles. The Kier molecular flexibility index (Phi) is 1.58. The van der Waals surface area contributed by atoms with Gasteiger partial charge in [-0.1, -0.05) is 0 Å². The average Bonchev–Trinajstić information content (AvgIpc) is 2.00. The third kappa shape index (κ3) is 1.51. The second-order valence-electron chi connectivity index (χ2n) is 3.05. The molecule has 1 aromatic rings. The highest BCUT2D eigenvalue weighted by Crippen LogP contribution is 2.31. The summed E-state index contributed by atoms with van der Waals surface area (Å²) in [6.45, 7) is -0.531. The van der Waals surface area contributed by atoms with Crippen molar-refractivity contribution in [2.75, 3.05) is 23.7 Å². The highest BCUT2D eigenvalue weighted by Gasteiger charge is 2.44. The number of nitrogens with zero attached hydrogens (tertiary/aromatic N) is 3. The molecule has 1 saturated heterocycles. The minimum Gasteiger partial charge on any atom is -0.382 e. The molecule has 2 heterocycles. The Balaban J connectivity index is 2.11. The molecule has 0 saturated carbocycles. The quantitative estimate of drug-likeness (QED) is 0.694. The highest BCUT2D eigenvalue weighted by atomic mass is 19.3. The number of hydrogen-bond acceptors (Lipinski definition) is 4. The number of aromatic nitrogens is 2. The van der Waals surface area contributed by atoms with Crippen molar-refractivity contribution in [2.24, 2.45) is 0 Å². The summed E-state index contributed by atoms with van der Waals surface area (Å²) >= 11 is 0. The highest BCUT2D eigenvalue weighted by molar-refractivity contribution is 5.52. The molecule has 6 heteroatoms. The van der Waals surface area contributed by atoms with Gasteiger partial charge in [0.2, 0.25) is 0 Å². The zero-order valence-electron chi connectivity index (χ0n) is 6.74. The van der Waals surface area contributed by atoms with E-state index < -0.39 is 5.92 Å². The summed E-state index contributed by atoms with van der Waals surface area (Å²) in [6.07, 6.45) is 1.42. The molecule has 13 heavy (non-hydrogen) atoms. The van der Waals surface area contributed by atoms with Gasteiger partial charge in [-0.05, 0) is 0 Å². The van der Waals surface area contributed by atoms with E-state index in [1.165, 1.54) is 17.2 Å². The van der Waals surface area contributed by atoms with Crippen LogP contribution in [-0.4, -0.2) is 29.2 Å². The third-order valence-electron chi connectivity index (χ3n) is 1.87. The number of rotatable bonds is 1. The van der Waals surface area contributed by atoms with Crippen molar-refractivity contribution >= 4 is 11.5 Å². The summed E-state index contributed by atoms with van der Waals surface area (Å²) < 4.78 is 24.9. The number of nitrogen functional groups attached to an aromatic ring is 1. The summed E-state index contributed by atoms with van der Waals surface area (Å²) in [4.78, 5) is 1.50. The predicted molar refractivity (Wildman–Crippen MR) is 43.6 cm³/mol. The van der Waals surface area contributed by atoms with Crippen molar-refractivity contribution in [3.05, 3.63) is 12.3 Å². The predicted octanol–water partition coefficient (Wildman–Crippen LogP) is 0.514. The average molecular weight is 186 g/mol. The third-order valence-corrected chi connectivity index (χ3v) is 1.87. The molecule has 1 aromatic heterocycles. The molecule has 0 aromatic carbocycles. The zero-order valence-corrected chi connectivity index (χ0v) is 6.74. The van der Waals surface area contributed by atoms with Crippen molar-refractivity contribution in [3.63, 3.8) is 0 Å². The SMILES string of the molecule is Nc1cc(N2CC(F)(F)C2)cnn1. The Morgan fingerprint density at radius 1 is 1.46 bits per heavy atom. The summed E-state index contributed by atoms with van der Waals surface area (Å²) in [5, 5.41) is 7.10. The fraction of sp³-hybridized carbons (Fsp3) is 0.429. The van der Waals surface area contributed by atoms with Gasteiger partial charge in [0.15, 0.2) is 0 Å². The fourth-order valence-corrected chi connectivity index (χ4v) is 1.24. The van der Waals surface area contributed by atoms with Crippen molar-refractivity contribution in [1.29, 1.82) is 0 Å². The van der Waals surface area contributed by atoms with Gasteiger partial charge in [-0.2, -0.15) is 5.10 Å². The van der Waals surface area contributed by atoms with Crippen LogP contribution in [0.3, 0.4) is 0 Å². The van der Waals surface area contributed by atoms with E-state index in [1.807, 2.05) is 0 Å². The first-order chi connectivity index (χ1) is 6.07. The van der Waals surface area contributed by atoms with Gasteiger partial charge in [-0.15, -0.1) is 5.10 Å². The molecule has 70 valence electrons. The Hall–Kier alpha value is -1.46. The maximum absolute atomic E-state index is 12.5. The van der Waals surface area contributed by atoms with Crippen LogP contribution in [-0.2, 0) is 0 Å². The Bertz CT molecular complexity index is 320. The van der Waals surface area contributed by atoms with E-state index in [0.717, 1.165) is 0 Å². The van der Waals surface area contributed by atoms with E-state index in [4.69, 9.17) is 5.73 Å². The fourth-order valence-electron chi connectivity index (χ4n) is 1.24. The van der Waals surface area contributed by atoms with Gasteiger partial charge in [-0.3, -0.25) is 0 Å². The summed E-state index contributed by atoms with van der Waals surface area (Å²) in [5.74, 6) is -2.33. The molecular formula is C7H8F2N4. The van der Waals surface area contributed by atoms with E-state index in [9.17, 15) is 8.78 Å². The van der Waals surface area contributed by atoms with Gasteiger partial charge >= 0.3 is 0 Å². The van der Waals surface area contributed by atoms with Crippen LogP contribution in [0, 0.1) is 0 Å². The lowest BCUT2D eigenvalue weighted by atomic mass is 10.1. The van der Waals surface area contributed by atoms with Crippen LogP contribution in [0.4, 0.5) is 20.3 Å². The summed E-state index contributed by atoms with van der Waals surface area (Å²) in [5.41, 5.74) is 5.95. The largest absolute Gasteiger partial charge is 0.382 e. The molecule has 0 amide bonds. The van der Waals surface area contributed by atoms with Crippen LogP contribution in [0.1, 0.15) is 0 Å². The second kappa shape index (κ2) is 2.51. The topological polar surface area (TPSA) is 55.0 Å². The van der Waals surface area contributed by atoms with Crippen LogP contribution in [0.25, 0.3) is 0 Å². The van der Waals surface area contributed by atoms with Gasteiger partial charge < -0.3 is 10.6 Å². The molecule has 0 spiro atoms. The molecule has 1 aliphatic heterocycles. The molecule has 4 nitrogen and oxygen atoms in total. The van der Waals surface area contributed by atoms with Gasteiger partial charge in [-0.25, -0.2) is 8.78 Å². The van der Waals surface area contributed by atoms with Crippen LogP contribution in [0.2, 0.25) is 0 Å². The summed E-state index contributed by atoms with van der Waals surface area (Å²) in [6, 6.07) is 1.53. The smallest absolute Gasteiger partial charge is 0.282 e. The first-order valence-electron chi connectivity index (χ1n) is 3.78. The molecule has 0 unspecified atom stereocenters. The summed E-state index contributed by atoms with van der Waals surface area (Å²) in [7, 11) is 0. The maximum atomic E-state index is 12.5. The van der Waals surface area contributed by atoms with E-state index >= 15 is 0 Å². The van der Waals surface area contributed by atoms with E-state index in [-0.39, 0.29) is 18.9 Å². The molecule has 0 bridgehead atoms. The molecule has 1 fully saturated rings. The zero-order chi connectivity index (χ0) is 9.47. The molecular weight excluding hydrogens is 178 g/mol. The molecule has 2 rings (SSSR count). The number of hydrogen-bond donors (Lipinski definition) is 1. The monoisotopic (exact) mass is 186 g/mol. The maximum Gasteiger partial charge on any atom is 0.282 e. The van der Waals surface area contributed by atoms with Crippen molar-refractivity contribution in [3.8, 4) is 0 Å². The Labute approximate surface area is 73.4 Å². The lowest BCUT2D eigenvalue weighted by Crippen LogP contribution is -2.56. The van der Waals surface area contributed by atoms with Crippen molar-refractivity contribution in [2.45, 2.75) is 5.92 Å². The number of alkyl halides is 2. The Morgan fingerprint density at radius 3 is 2.69 bits per heavy atom. The first-order valence-corrected chi connectivity index (χ1v) is 3.78. The Morgan fingerprint density at radius 2 is 2.15 bits per heavy atom. The second-order valence-corrected chi connectivity index (χ2v) is 3.05. The number of anilines is 2. The van der Waals surface area contributed by atoms with E-state index in [1.54, 1.807) is 0 Å². The van der Waals surface area contributed by atoms with Crippen LogP contribution >= 0.6 is 0 Å². The molecule has 0 radical (unpaired) electrons. The standard InChI is InChI=1S/C7H8F2N4/c8-7(9)3-13(4-7)5-1-6(10)12-11-2-5/h1-2H,3-4H2,(H2,10,12). The normalized spacial score (nSPS) is 19.7. The van der Waals surface area contributed by atoms with E-state index in [2.05, 4.69) is 10.2 Å². The minimum atomic E-state index is -2.57. The number of halogens is 2. The van der Waals surface area contributed by atoms with Crippen molar-refractivity contribution in [1.82, 2.24) is 10.2 Å². The molecule has 1 aliphatic rings. The van der Waals surface area contributed by atoms with Crippen LogP contribution in [0.5, 0.6) is 0 Å². The van der Waals surface area contributed by atoms with Gasteiger partial charge in [0.25, 0.3) is 5.92 Å². The molecule has 2 N–H and O–H groups in total. The number of nitrogens with two attached hydrogens (primary N) is 1. The van der Waals surface area contributed by atoms with Crippen molar-refractivity contribution < 1.29 is 8.78 Å². The molecule has 0 atom stereocenters. The minimum absolute atomic E-state index is 0.243. The van der Waals surface area contributed by atoms with E-state index in [0.29, 0.717) is 5.69 Å². The van der Waals surface area contributed by atoms with Gasteiger partial charge in [0, 0.05) is 6.07 Å².